The zero-order chi connectivity index (χ0) is 12.9. The largest absolute Gasteiger partial charge is 0.396 e. The van der Waals surface area contributed by atoms with Gasteiger partial charge >= 0.3 is 0 Å². The maximum Gasteiger partial charge on any atom is 0.178 e. The maximum absolute atomic E-state index is 12.1. The van der Waals surface area contributed by atoms with E-state index in [2.05, 4.69) is 0 Å². The van der Waals surface area contributed by atoms with Gasteiger partial charge in [0.15, 0.2) is 9.84 Å². The summed E-state index contributed by atoms with van der Waals surface area (Å²) in [5.74, 6) is 0.913. The fraction of sp³-hybridized carbons (Fsp3) is 0.462. The molecule has 4 heteroatoms. The summed E-state index contributed by atoms with van der Waals surface area (Å²) in [4.78, 5) is 0.326. The van der Waals surface area contributed by atoms with E-state index in [4.69, 9.17) is 0 Å². The molecule has 0 aliphatic rings. The second-order valence-electron chi connectivity index (χ2n) is 4.55. The Morgan fingerprint density at radius 3 is 2.29 bits per heavy atom. The summed E-state index contributed by atoms with van der Waals surface area (Å²) in [6, 6.07) is 8.38. The van der Waals surface area contributed by atoms with Crippen LogP contribution in [-0.2, 0) is 9.84 Å². The molecule has 0 heterocycles. The predicted octanol–water partition coefficient (Wildman–Crippen LogP) is 2.07. The van der Waals surface area contributed by atoms with Gasteiger partial charge in [0.05, 0.1) is 10.6 Å². The minimum atomic E-state index is -3.29. The highest BCUT2D eigenvalue weighted by molar-refractivity contribution is 7.91. The Labute approximate surface area is 103 Å². The van der Waals surface area contributed by atoms with Gasteiger partial charge in [-0.3, -0.25) is 0 Å². The minimum absolute atomic E-state index is 0.00130. The molecule has 1 N–H and O–H groups in total. The van der Waals surface area contributed by atoms with Crippen LogP contribution >= 0.6 is 0 Å². The van der Waals surface area contributed by atoms with E-state index in [0.717, 1.165) is 5.92 Å². The van der Waals surface area contributed by atoms with Crippen LogP contribution < -0.4 is 0 Å². The van der Waals surface area contributed by atoms with Gasteiger partial charge in [0.2, 0.25) is 0 Å². The van der Waals surface area contributed by atoms with E-state index in [1.807, 2.05) is 13.8 Å². The molecule has 95 valence electrons. The van der Waals surface area contributed by atoms with Crippen LogP contribution in [0.4, 0.5) is 0 Å². The van der Waals surface area contributed by atoms with E-state index in [0.29, 0.717) is 11.3 Å². The fourth-order valence-electron chi connectivity index (χ4n) is 1.79. The van der Waals surface area contributed by atoms with E-state index < -0.39 is 9.84 Å². The average molecular weight is 255 g/mol. The lowest BCUT2D eigenvalue weighted by Gasteiger charge is -2.16. The van der Waals surface area contributed by atoms with Gasteiger partial charge in [0.1, 0.15) is 0 Å². The molecule has 3 nitrogen and oxygen atoms in total. The molecule has 1 radical (unpaired) electrons. The molecule has 0 bridgehead atoms. The van der Waals surface area contributed by atoms with Crippen molar-refractivity contribution >= 4 is 9.84 Å². The Kier molecular flexibility index (Phi) is 5.15. The Hall–Kier alpha value is -0.870. The number of hydrogen-bond donors (Lipinski definition) is 1. The molecule has 1 aromatic carbocycles. The second kappa shape index (κ2) is 6.17. The molecule has 0 aromatic heterocycles. The lowest BCUT2D eigenvalue weighted by molar-refractivity contribution is 0.234. The molecule has 0 amide bonds. The van der Waals surface area contributed by atoms with Gasteiger partial charge in [-0.15, -0.1) is 0 Å². The lowest BCUT2D eigenvalue weighted by atomic mass is 10.00. The van der Waals surface area contributed by atoms with E-state index in [-0.39, 0.29) is 18.3 Å². The van der Waals surface area contributed by atoms with Gasteiger partial charge in [-0.25, -0.2) is 8.42 Å². The third kappa shape index (κ3) is 4.48. The number of sulfone groups is 1. The fourth-order valence-corrected chi connectivity index (χ4v) is 3.40. The zero-order valence-electron chi connectivity index (χ0n) is 10.3. The van der Waals surface area contributed by atoms with Crippen LogP contribution in [0.2, 0.25) is 0 Å². The summed E-state index contributed by atoms with van der Waals surface area (Å²) >= 11 is 0. The van der Waals surface area contributed by atoms with Gasteiger partial charge < -0.3 is 5.11 Å². The highest BCUT2D eigenvalue weighted by Crippen LogP contribution is 2.19. The SMILES string of the molecule is C[C](C)C[C@H](CO)CS(=O)(=O)c1ccccc1. The van der Waals surface area contributed by atoms with Crippen LogP contribution in [0, 0.1) is 11.8 Å². The first kappa shape index (κ1) is 14.2. The van der Waals surface area contributed by atoms with Gasteiger partial charge in [0, 0.05) is 6.61 Å². The Morgan fingerprint density at radius 1 is 1.24 bits per heavy atom. The minimum Gasteiger partial charge on any atom is -0.396 e. The number of aliphatic hydroxyl groups excluding tert-OH is 1. The lowest BCUT2D eigenvalue weighted by Crippen LogP contribution is -2.20. The van der Waals surface area contributed by atoms with Crippen molar-refractivity contribution in [3.8, 4) is 0 Å². The monoisotopic (exact) mass is 255 g/mol. The Morgan fingerprint density at radius 2 is 1.82 bits per heavy atom. The molecular formula is C13H19O3S. The van der Waals surface area contributed by atoms with Crippen molar-refractivity contribution in [1.82, 2.24) is 0 Å². The van der Waals surface area contributed by atoms with E-state index in [9.17, 15) is 13.5 Å². The summed E-state index contributed by atoms with van der Waals surface area (Å²) in [6.45, 7) is 3.78. The normalized spacial score (nSPS) is 13.9. The summed E-state index contributed by atoms with van der Waals surface area (Å²) < 4.78 is 24.1. The van der Waals surface area contributed by atoms with Crippen LogP contribution in [-0.4, -0.2) is 25.9 Å². The van der Waals surface area contributed by atoms with Crippen molar-refractivity contribution in [2.75, 3.05) is 12.4 Å². The maximum atomic E-state index is 12.1. The second-order valence-corrected chi connectivity index (χ2v) is 6.59. The molecule has 0 saturated heterocycles. The van der Waals surface area contributed by atoms with Crippen molar-refractivity contribution in [2.45, 2.75) is 25.2 Å². The number of aliphatic hydroxyl groups is 1. The smallest absolute Gasteiger partial charge is 0.178 e. The van der Waals surface area contributed by atoms with Crippen LogP contribution in [0.1, 0.15) is 20.3 Å². The van der Waals surface area contributed by atoms with Crippen molar-refractivity contribution in [3.63, 3.8) is 0 Å². The molecule has 0 aliphatic carbocycles. The molecule has 1 aromatic rings. The van der Waals surface area contributed by atoms with Crippen LogP contribution in [0.25, 0.3) is 0 Å². The molecule has 0 unspecified atom stereocenters. The van der Waals surface area contributed by atoms with Gasteiger partial charge in [-0.2, -0.15) is 0 Å². The van der Waals surface area contributed by atoms with Crippen molar-refractivity contribution in [3.05, 3.63) is 36.2 Å². The quantitative estimate of drug-likeness (QED) is 0.846. The summed E-state index contributed by atoms with van der Waals surface area (Å²) in [5.41, 5.74) is 0. The summed E-state index contributed by atoms with van der Waals surface area (Å²) in [5, 5.41) is 9.21. The van der Waals surface area contributed by atoms with Crippen molar-refractivity contribution < 1.29 is 13.5 Å². The first-order chi connectivity index (χ1) is 7.95. The van der Waals surface area contributed by atoms with Crippen LogP contribution in [0.5, 0.6) is 0 Å². The Bertz CT molecular complexity index is 423. The number of rotatable bonds is 6. The van der Waals surface area contributed by atoms with Crippen LogP contribution in [0.3, 0.4) is 0 Å². The van der Waals surface area contributed by atoms with Gasteiger partial charge in [-0.05, 0) is 30.4 Å². The zero-order valence-corrected chi connectivity index (χ0v) is 11.1. The molecule has 17 heavy (non-hydrogen) atoms. The van der Waals surface area contributed by atoms with Crippen molar-refractivity contribution in [1.29, 1.82) is 0 Å². The summed E-state index contributed by atoms with van der Waals surface area (Å²) in [6.07, 6.45) is 0.641. The standard InChI is InChI=1S/C13H19O3S/c1-11(2)8-12(9-14)10-17(15,16)13-6-4-3-5-7-13/h3-7,12,14H,8-10H2,1-2H3/t12-/m1/s1. The predicted molar refractivity (Wildman–Crippen MR) is 68.3 cm³/mol. The van der Waals surface area contributed by atoms with Crippen molar-refractivity contribution in [2.24, 2.45) is 5.92 Å². The molecular weight excluding hydrogens is 236 g/mol. The highest BCUT2D eigenvalue weighted by Gasteiger charge is 2.21. The summed E-state index contributed by atoms with van der Waals surface area (Å²) in [7, 11) is -3.29. The highest BCUT2D eigenvalue weighted by atomic mass is 32.2. The first-order valence-corrected chi connectivity index (χ1v) is 7.28. The molecule has 1 atom stereocenters. The molecule has 1 rings (SSSR count). The first-order valence-electron chi connectivity index (χ1n) is 5.63. The molecule has 0 spiro atoms. The van der Waals surface area contributed by atoms with E-state index in [1.165, 1.54) is 0 Å². The average Bonchev–Trinajstić information content (AvgIpc) is 2.28. The van der Waals surface area contributed by atoms with E-state index >= 15 is 0 Å². The number of hydrogen-bond acceptors (Lipinski definition) is 3. The number of benzene rings is 1. The van der Waals surface area contributed by atoms with Crippen LogP contribution in [0.15, 0.2) is 35.2 Å². The molecule has 0 saturated carbocycles. The topological polar surface area (TPSA) is 54.4 Å². The molecule has 0 fully saturated rings. The van der Waals surface area contributed by atoms with Gasteiger partial charge in [-0.1, -0.05) is 32.0 Å². The Balaban J connectivity index is 2.79. The molecule has 0 aliphatic heterocycles. The van der Waals surface area contributed by atoms with E-state index in [1.54, 1.807) is 30.3 Å². The van der Waals surface area contributed by atoms with Gasteiger partial charge in [0.25, 0.3) is 0 Å². The third-order valence-corrected chi connectivity index (χ3v) is 4.41. The third-order valence-electron chi connectivity index (χ3n) is 2.51.